The standard InChI is InChI=1S/C13H15F5O2/c1-7(2)3-4-19-5-6-20-13-11(17)9(15)8(14)10(16)12(13)18/h7H,3-6H2,1-2H3. The summed E-state index contributed by atoms with van der Waals surface area (Å²) in [7, 11) is 0. The second kappa shape index (κ2) is 7.42. The molecule has 0 atom stereocenters. The van der Waals surface area contributed by atoms with Gasteiger partial charge < -0.3 is 9.47 Å². The molecule has 0 amide bonds. The third kappa shape index (κ3) is 4.06. The van der Waals surface area contributed by atoms with Crippen LogP contribution in [0.25, 0.3) is 0 Å². The Morgan fingerprint density at radius 2 is 1.25 bits per heavy atom. The van der Waals surface area contributed by atoms with Gasteiger partial charge >= 0.3 is 0 Å². The predicted octanol–water partition coefficient (Wildman–Crippen LogP) is 3.82. The van der Waals surface area contributed by atoms with Crippen molar-refractivity contribution in [3.8, 4) is 5.75 Å². The van der Waals surface area contributed by atoms with Gasteiger partial charge in [0.1, 0.15) is 6.61 Å². The number of ether oxygens (including phenoxy) is 2. The van der Waals surface area contributed by atoms with Gasteiger partial charge in [0.25, 0.3) is 0 Å². The molecule has 1 aromatic rings. The van der Waals surface area contributed by atoms with Gasteiger partial charge in [-0.3, -0.25) is 0 Å². The van der Waals surface area contributed by atoms with Gasteiger partial charge in [0.15, 0.2) is 5.75 Å². The lowest BCUT2D eigenvalue weighted by Gasteiger charge is -2.11. The van der Waals surface area contributed by atoms with Crippen LogP contribution in [-0.2, 0) is 4.74 Å². The molecule has 0 bridgehead atoms. The van der Waals surface area contributed by atoms with E-state index in [1.807, 2.05) is 13.8 Å². The van der Waals surface area contributed by atoms with Crippen LogP contribution in [0.4, 0.5) is 22.0 Å². The molecule has 20 heavy (non-hydrogen) atoms. The maximum Gasteiger partial charge on any atom is 0.206 e. The first kappa shape index (κ1) is 16.7. The average molecular weight is 298 g/mol. The van der Waals surface area contributed by atoms with Crippen LogP contribution in [0.5, 0.6) is 5.75 Å². The smallest absolute Gasteiger partial charge is 0.206 e. The molecule has 0 aliphatic rings. The molecular formula is C13H15F5O2. The van der Waals surface area contributed by atoms with Crippen molar-refractivity contribution in [3.63, 3.8) is 0 Å². The molecule has 0 radical (unpaired) electrons. The van der Waals surface area contributed by atoms with Crippen molar-refractivity contribution >= 4 is 0 Å². The van der Waals surface area contributed by atoms with Crippen LogP contribution in [0.2, 0.25) is 0 Å². The zero-order valence-corrected chi connectivity index (χ0v) is 11.1. The Morgan fingerprint density at radius 3 is 1.75 bits per heavy atom. The fourth-order valence-corrected chi connectivity index (χ4v) is 1.34. The van der Waals surface area contributed by atoms with Crippen molar-refractivity contribution in [1.82, 2.24) is 0 Å². The molecule has 0 aliphatic heterocycles. The first-order chi connectivity index (χ1) is 9.36. The van der Waals surface area contributed by atoms with Crippen LogP contribution in [0.3, 0.4) is 0 Å². The Balaban J connectivity index is 2.57. The zero-order chi connectivity index (χ0) is 15.3. The normalized spacial score (nSPS) is 11.2. The van der Waals surface area contributed by atoms with Crippen LogP contribution < -0.4 is 4.74 Å². The summed E-state index contributed by atoms with van der Waals surface area (Å²) in [5, 5.41) is 0. The summed E-state index contributed by atoms with van der Waals surface area (Å²) in [5.74, 6) is -11.1. The first-order valence-electron chi connectivity index (χ1n) is 6.08. The Kier molecular flexibility index (Phi) is 6.19. The van der Waals surface area contributed by atoms with Crippen molar-refractivity contribution in [3.05, 3.63) is 29.1 Å². The molecule has 0 fully saturated rings. The van der Waals surface area contributed by atoms with Crippen LogP contribution in [0.15, 0.2) is 0 Å². The van der Waals surface area contributed by atoms with Crippen molar-refractivity contribution in [2.75, 3.05) is 19.8 Å². The van der Waals surface area contributed by atoms with E-state index in [0.717, 1.165) is 6.42 Å². The molecule has 1 rings (SSSR count). The monoisotopic (exact) mass is 298 g/mol. The van der Waals surface area contributed by atoms with Gasteiger partial charge in [-0.15, -0.1) is 0 Å². The van der Waals surface area contributed by atoms with E-state index in [4.69, 9.17) is 4.74 Å². The highest BCUT2D eigenvalue weighted by Gasteiger charge is 2.26. The van der Waals surface area contributed by atoms with Crippen LogP contribution in [0, 0.1) is 35.0 Å². The SMILES string of the molecule is CC(C)CCOCCOc1c(F)c(F)c(F)c(F)c1F. The lowest BCUT2D eigenvalue weighted by molar-refractivity contribution is 0.0889. The number of hydrogen-bond acceptors (Lipinski definition) is 2. The summed E-state index contributed by atoms with van der Waals surface area (Å²) in [6.45, 7) is 4.10. The third-order valence-electron chi connectivity index (χ3n) is 2.48. The van der Waals surface area contributed by atoms with Gasteiger partial charge in [0.2, 0.25) is 29.1 Å². The fourth-order valence-electron chi connectivity index (χ4n) is 1.34. The number of halogens is 5. The molecule has 0 aliphatic carbocycles. The van der Waals surface area contributed by atoms with Gasteiger partial charge in [-0.25, -0.2) is 13.2 Å². The van der Waals surface area contributed by atoms with E-state index < -0.39 is 34.8 Å². The van der Waals surface area contributed by atoms with E-state index in [9.17, 15) is 22.0 Å². The molecule has 7 heteroatoms. The molecule has 0 N–H and O–H groups in total. The highest BCUT2D eigenvalue weighted by molar-refractivity contribution is 5.29. The lowest BCUT2D eigenvalue weighted by atomic mass is 10.1. The highest BCUT2D eigenvalue weighted by Crippen LogP contribution is 2.28. The third-order valence-corrected chi connectivity index (χ3v) is 2.48. The number of benzene rings is 1. The Hall–Kier alpha value is -1.37. The minimum absolute atomic E-state index is 0.00772. The molecule has 0 spiro atoms. The molecular weight excluding hydrogens is 283 g/mol. The number of hydrogen-bond donors (Lipinski definition) is 0. The van der Waals surface area contributed by atoms with E-state index in [1.54, 1.807) is 0 Å². The molecule has 0 unspecified atom stereocenters. The minimum atomic E-state index is -2.21. The Bertz CT molecular complexity index is 434. The van der Waals surface area contributed by atoms with E-state index in [0.29, 0.717) is 12.5 Å². The molecule has 0 saturated heterocycles. The van der Waals surface area contributed by atoms with Crippen molar-refractivity contribution in [2.24, 2.45) is 5.92 Å². The maximum absolute atomic E-state index is 13.2. The van der Waals surface area contributed by atoms with Crippen molar-refractivity contribution < 1.29 is 31.4 Å². The molecule has 114 valence electrons. The lowest BCUT2D eigenvalue weighted by Crippen LogP contribution is -2.12. The summed E-state index contributed by atoms with van der Waals surface area (Å²) in [6, 6.07) is 0. The topological polar surface area (TPSA) is 18.5 Å². The zero-order valence-electron chi connectivity index (χ0n) is 11.1. The van der Waals surface area contributed by atoms with Crippen LogP contribution >= 0.6 is 0 Å². The predicted molar refractivity (Wildman–Crippen MR) is 62.0 cm³/mol. The molecule has 1 aromatic carbocycles. The van der Waals surface area contributed by atoms with Crippen molar-refractivity contribution in [1.29, 1.82) is 0 Å². The van der Waals surface area contributed by atoms with E-state index in [-0.39, 0.29) is 13.2 Å². The highest BCUT2D eigenvalue weighted by atomic mass is 19.2. The molecule has 2 nitrogen and oxygen atoms in total. The average Bonchev–Trinajstić information content (AvgIpc) is 2.41. The van der Waals surface area contributed by atoms with Gasteiger partial charge in [-0.1, -0.05) is 13.8 Å². The summed E-state index contributed by atoms with van der Waals surface area (Å²) in [4.78, 5) is 0. The minimum Gasteiger partial charge on any atom is -0.485 e. The Labute approximate surface area is 113 Å². The fraction of sp³-hybridized carbons (Fsp3) is 0.538. The van der Waals surface area contributed by atoms with Crippen molar-refractivity contribution in [2.45, 2.75) is 20.3 Å². The van der Waals surface area contributed by atoms with Crippen LogP contribution in [0.1, 0.15) is 20.3 Å². The van der Waals surface area contributed by atoms with E-state index >= 15 is 0 Å². The first-order valence-corrected chi connectivity index (χ1v) is 6.08. The quantitative estimate of drug-likeness (QED) is 0.330. The largest absolute Gasteiger partial charge is 0.485 e. The summed E-state index contributed by atoms with van der Waals surface area (Å²) in [5.41, 5.74) is 0. The molecule has 0 saturated carbocycles. The Morgan fingerprint density at radius 1 is 0.750 bits per heavy atom. The van der Waals surface area contributed by atoms with E-state index in [1.165, 1.54) is 0 Å². The van der Waals surface area contributed by atoms with Gasteiger partial charge in [-0.2, -0.15) is 8.78 Å². The van der Waals surface area contributed by atoms with Gasteiger partial charge in [0, 0.05) is 6.61 Å². The second-order valence-corrected chi connectivity index (χ2v) is 4.54. The van der Waals surface area contributed by atoms with Gasteiger partial charge in [0.05, 0.1) is 6.61 Å². The van der Waals surface area contributed by atoms with E-state index in [2.05, 4.69) is 4.74 Å². The molecule has 0 aromatic heterocycles. The van der Waals surface area contributed by atoms with Gasteiger partial charge in [-0.05, 0) is 12.3 Å². The second-order valence-electron chi connectivity index (χ2n) is 4.54. The summed E-state index contributed by atoms with van der Waals surface area (Å²) < 4.78 is 74.5. The number of rotatable bonds is 7. The molecule has 0 heterocycles. The maximum atomic E-state index is 13.2. The summed E-state index contributed by atoms with van der Waals surface area (Å²) in [6.07, 6.45) is 0.794. The van der Waals surface area contributed by atoms with Crippen LogP contribution in [-0.4, -0.2) is 19.8 Å². The summed E-state index contributed by atoms with van der Waals surface area (Å²) >= 11 is 0.